The van der Waals surface area contributed by atoms with Crippen LogP contribution in [-0.2, 0) is 16.0 Å². The number of carbonyl (C=O) groups excluding carboxylic acids is 1. The summed E-state index contributed by atoms with van der Waals surface area (Å²) in [5, 5.41) is 6.03. The van der Waals surface area contributed by atoms with Crippen molar-refractivity contribution in [1.29, 1.82) is 0 Å². The second kappa shape index (κ2) is 8.21. The molecule has 0 bridgehead atoms. The molecule has 1 aliphatic rings. The first-order chi connectivity index (χ1) is 11.7. The standard InChI is InChI=1S/C17H22N4O2S/c1-13-12-24-17(19-13)4-2-3-16(22)20-14-5-6-15(18-11-14)21-7-9-23-10-8-21/h5-6,11-12H,2-4,7-10H2,1H3,(H,20,22). The van der Waals surface area contributed by atoms with Crippen molar-refractivity contribution in [2.75, 3.05) is 36.5 Å². The van der Waals surface area contributed by atoms with E-state index in [-0.39, 0.29) is 5.91 Å². The maximum absolute atomic E-state index is 12.0. The molecule has 7 heteroatoms. The van der Waals surface area contributed by atoms with Gasteiger partial charge in [0.15, 0.2) is 0 Å². The topological polar surface area (TPSA) is 67.4 Å². The average Bonchev–Trinajstić information content (AvgIpc) is 3.02. The van der Waals surface area contributed by atoms with Gasteiger partial charge in [0.25, 0.3) is 0 Å². The minimum absolute atomic E-state index is 0.0178. The Morgan fingerprint density at radius 3 is 2.88 bits per heavy atom. The Labute approximate surface area is 145 Å². The van der Waals surface area contributed by atoms with Gasteiger partial charge in [-0.15, -0.1) is 11.3 Å². The first-order valence-corrected chi connectivity index (χ1v) is 9.08. The van der Waals surface area contributed by atoms with E-state index in [1.165, 1.54) is 0 Å². The smallest absolute Gasteiger partial charge is 0.224 e. The monoisotopic (exact) mass is 346 g/mol. The van der Waals surface area contributed by atoms with Crippen LogP contribution in [-0.4, -0.2) is 42.2 Å². The molecule has 0 spiro atoms. The third-order valence-electron chi connectivity index (χ3n) is 3.83. The van der Waals surface area contributed by atoms with Gasteiger partial charge in [0.1, 0.15) is 5.82 Å². The first-order valence-electron chi connectivity index (χ1n) is 8.20. The molecule has 0 radical (unpaired) electrons. The Kier molecular flexibility index (Phi) is 5.77. The molecule has 2 aromatic rings. The SMILES string of the molecule is Cc1csc(CCCC(=O)Nc2ccc(N3CCOCC3)nc2)n1. The van der Waals surface area contributed by atoms with Crippen molar-refractivity contribution < 1.29 is 9.53 Å². The average molecular weight is 346 g/mol. The van der Waals surface area contributed by atoms with Gasteiger partial charge in [-0.1, -0.05) is 0 Å². The van der Waals surface area contributed by atoms with E-state index < -0.39 is 0 Å². The zero-order valence-corrected chi connectivity index (χ0v) is 14.6. The van der Waals surface area contributed by atoms with Crippen molar-refractivity contribution in [1.82, 2.24) is 9.97 Å². The fraction of sp³-hybridized carbons (Fsp3) is 0.471. The molecule has 0 saturated carbocycles. The van der Waals surface area contributed by atoms with Gasteiger partial charge >= 0.3 is 0 Å². The minimum Gasteiger partial charge on any atom is -0.378 e. The molecule has 0 aromatic carbocycles. The van der Waals surface area contributed by atoms with Gasteiger partial charge in [-0.05, 0) is 31.9 Å². The fourth-order valence-corrected chi connectivity index (χ4v) is 3.40. The maximum Gasteiger partial charge on any atom is 0.224 e. The number of nitrogens with zero attached hydrogens (tertiary/aromatic N) is 3. The minimum atomic E-state index is 0.0178. The summed E-state index contributed by atoms with van der Waals surface area (Å²) in [6.07, 6.45) is 3.86. The number of anilines is 2. The zero-order chi connectivity index (χ0) is 16.8. The predicted molar refractivity (Wildman–Crippen MR) is 95.7 cm³/mol. The summed E-state index contributed by atoms with van der Waals surface area (Å²) in [6.45, 7) is 5.17. The number of pyridine rings is 1. The first kappa shape index (κ1) is 16.9. The number of carbonyl (C=O) groups is 1. The van der Waals surface area contributed by atoms with Gasteiger partial charge in [-0.3, -0.25) is 4.79 Å². The van der Waals surface area contributed by atoms with Crippen LogP contribution in [0.2, 0.25) is 0 Å². The highest BCUT2D eigenvalue weighted by Crippen LogP contribution is 2.16. The van der Waals surface area contributed by atoms with Crippen LogP contribution in [0.4, 0.5) is 11.5 Å². The highest BCUT2D eigenvalue weighted by Gasteiger charge is 2.12. The van der Waals surface area contributed by atoms with Gasteiger partial charge in [0.2, 0.25) is 5.91 Å². The van der Waals surface area contributed by atoms with E-state index in [4.69, 9.17) is 4.74 Å². The van der Waals surface area contributed by atoms with Crippen LogP contribution in [0.3, 0.4) is 0 Å². The second-order valence-electron chi connectivity index (χ2n) is 5.79. The van der Waals surface area contributed by atoms with Gasteiger partial charge in [-0.25, -0.2) is 9.97 Å². The largest absolute Gasteiger partial charge is 0.378 e. The van der Waals surface area contributed by atoms with Crippen LogP contribution in [0.15, 0.2) is 23.7 Å². The van der Waals surface area contributed by atoms with Crippen molar-refractivity contribution >= 4 is 28.7 Å². The van der Waals surface area contributed by atoms with Crippen molar-refractivity contribution in [2.45, 2.75) is 26.2 Å². The lowest BCUT2D eigenvalue weighted by molar-refractivity contribution is -0.116. The molecular weight excluding hydrogens is 324 g/mol. The van der Waals surface area contributed by atoms with E-state index in [0.717, 1.165) is 61.4 Å². The van der Waals surface area contributed by atoms with E-state index in [2.05, 4.69) is 20.2 Å². The fourth-order valence-electron chi connectivity index (χ4n) is 2.58. The molecule has 24 heavy (non-hydrogen) atoms. The summed E-state index contributed by atoms with van der Waals surface area (Å²) in [6, 6.07) is 3.85. The van der Waals surface area contributed by atoms with Crippen molar-refractivity contribution in [2.24, 2.45) is 0 Å². The molecule has 0 atom stereocenters. The predicted octanol–water partition coefficient (Wildman–Crippen LogP) is 2.64. The highest BCUT2D eigenvalue weighted by molar-refractivity contribution is 7.09. The number of thiazole rings is 1. The summed E-state index contributed by atoms with van der Waals surface area (Å²) in [7, 11) is 0. The van der Waals surface area contributed by atoms with Crippen molar-refractivity contribution in [3.05, 3.63) is 34.4 Å². The van der Waals surface area contributed by atoms with Crippen LogP contribution >= 0.6 is 11.3 Å². The molecule has 1 saturated heterocycles. The zero-order valence-electron chi connectivity index (χ0n) is 13.8. The number of ether oxygens (including phenoxy) is 1. The van der Waals surface area contributed by atoms with E-state index in [9.17, 15) is 4.79 Å². The third-order valence-corrected chi connectivity index (χ3v) is 4.85. The molecule has 3 heterocycles. The van der Waals surface area contributed by atoms with Gasteiger partial charge in [-0.2, -0.15) is 0 Å². The molecule has 0 unspecified atom stereocenters. The summed E-state index contributed by atoms with van der Waals surface area (Å²) >= 11 is 1.65. The second-order valence-corrected chi connectivity index (χ2v) is 6.73. The summed E-state index contributed by atoms with van der Waals surface area (Å²) in [4.78, 5) is 23.0. The number of nitrogens with one attached hydrogen (secondary N) is 1. The molecular formula is C17H22N4O2S. The lowest BCUT2D eigenvalue weighted by atomic mass is 10.2. The Morgan fingerprint density at radius 2 is 2.21 bits per heavy atom. The molecule has 3 rings (SSSR count). The van der Waals surface area contributed by atoms with Gasteiger partial charge in [0, 0.05) is 30.6 Å². The number of aryl methyl sites for hydroxylation is 2. The molecule has 2 aromatic heterocycles. The van der Waals surface area contributed by atoms with E-state index in [1.54, 1.807) is 17.5 Å². The van der Waals surface area contributed by atoms with Crippen LogP contribution < -0.4 is 10.2 Å². The molecule has 1 N–H and O–H groups in total. The summed E-state index contributed by atoms with van der Waals surface area (Å²) in [5.74, 6) is 0.944. The summed E-state index contributed by atoms with van der Waals surface area (Å²) < 4.78 is 5.34. The molecule has 0 aliphatic carbocycles. The van der Waals surface area contributed by atoms with Gasteiger partial charge in [0.05, 0.1) is 30.1 Å². The molecule has 6 nitrogen and oxygen atoms in total. The van der Waals surface area contributed by atoms with Crippen LogP contribution in [0.25, 0.3) is 0 Å². The normalized spacial score (nSPS) is 14.6. The molecule has 1 amide bonds. The number of hydrogen-bond acceptors (Lipinski definition) is 6. The Hall–Kier alpha value is -1.99. The summed E-state index contributed by atoms with van der Waals surface area (Å²) in [5.41, 5.74) is 1.79. The molecule has 1 fully saturated rings. The molecule has 1 aliphatic heterocycles. The van der Waals surface area contributed by atoms with Crippen molar-refractivity contribution in [3.8, 4) is 0 Å². The lowest BCUT2D eigenvalue weighted by Crippen LogP contribution is -2.36. The van der Waals surface area contributed by atoms with Gasteiger partial charge < -0.3 is 15.0 Å². The third kappa shape index (κ3) is 4.75. The lowest BCUT2D eigenvalue weighted by Gasteiger charge is -2.27. The van der Waals surface area contributed by atoms with Crippen LogP contribution in [0, 0.1) is 6.92 Å². The van der Waals surface area contributed by atoms with Crippen molar-refractivity contribution in [3.63, 3.8) is 0 Å². The Balaban J connectivity index is 1.44. The van der Waals surface area contributed by atoms with Crippen LogP contribution in [0.5, 0.6) is 0 Å². The number of hydrogen-bond donors (Lipinski definition) is 1. The van der Waals surface area contributed by atoms with E-state index in [0.29, 0.717) is 6.42 Å². The van der Waals surface area contributed by atoms with E-state index in [1.807, 2.05) is 24.4 Å². The highest BCUT2D eigenvalue weighted by atomic mass is 32.1. The number of rotatable bonds is 6. The number of morpholine rings is 1. The quantitative estimate of drug-likeness (QED) is 0.871. The van der Waals surface area contributed by atoms with E-state index >= 15 is 0 Å². The maximum atomic E-state index is 12.0. The number of aromatic nitrogens is 2. The molecule has 128 valence electrons. The van der Waals surface area contributed by atoms with Crippen LogP contribution in [0.1, 0.15) is 23.5 Å². The number of amides is 1. The Morgan fingerprint density at radius 1 is 1.38 bits per heavy atom. The Bertz CT molecular complexity index is 665.